The summed E-state index contributed by atoms with van der Waals surface area (Å²) in [4.78, 5) is 11.8. The Kier molecular flexibility index (Phi) is 9.39. The van der Waals surface area contributed by atoms with Crippen LogP contribution < -0.4 is 19.6 Å². The fourth-order valence-electron chi connectivity index (χ4n) is 2.35. The van der Waals surface area contributed by atoms with Crippen molar-refractivity contribution in [3.63, 3.8) is 0 Å². The van der Waals surface area contributed by atoms with E-state index in [1.54, 1.807) is 18.2 Å². The van der Waals surface area contributed by atoms with Gasteiger partial charge in [-0.25, -0.2) is 5.43 Å². The Morgan fingerprint density at radius 2 is 1.81 bits per heavy atom. The monoisotopic (exact) mass is 462 g/mol. The van der Waals surface area contributed by atoms with Crippen molar-refractivity contribution in [1.82, 2.24) is 5.43 Å². The lowest BCUT2D eigenvalue weighted by atomic mass is 10.2. The van der Waals surface area contributed by atoms with Gasteiger partial charge in [0.2, 0.25) is 5.91 Å². The Morgan fingerprint density at radius 1 is 1.10 bits per heavy atom. The summed E-state index contributed by atoms with van der Waals surface area (Å²) >= 11 is 5.94. The molecule has 2 aromatic carbocycles. The lowest BCUT2D eigenvalue weighted by Gasteiger charge is -2.10. The Bertz CT molecular complexity index is 913. The summed E-state index contributed by atoms with van der Waals surface area (Å²) in [6.45, 7) is -4.17. The third-order valence-corrected chi connectivity index (χ3v) is 4.19. The highest BCUT2D eigenvalue weighted by Crippen LogP contribution is 2.26. The number of benzene rings is 2. The molecular weight excluding hydrogens is 444 g/mol. The molecule has 31 heavy (non-hydrogen) atoms. The summed E-state index contributed by atoms with van der Waals surface area (Å²) in [6.07, 6.45) is 1.56. The van der Waals surface area contributed by atoms with Gasteiger partial charge in [0.1, 0.15) is 17.2 Å². The maximum atomic E-state index is 12.5. The first kappa shape index (κ1) is 24.3. The van der Waals surface area contributed by atoms with E-state index in [1.807, 2.05) is 6.92 Å². The molecule has 2 rings (SSSR count). The van der Waals surface area contributed by atoms with Crippen molar-refractivity contribution in [2.75, 3.05) is 6.61 Å². The summed E-state index contributed by atoms with van der Waals surface area (Å²) in [5, 5.41) is 4.29. The minimum Gasteiger partial charge on any atom is -0.494 e. The van der Waals surface area contributed by atoms with Gasteiger partial charge in [-0.1, -0.05) is 11.6 Å². The van der Waals surface area contributed by atoms with Crippen molar-refractivity contribution in [3.8, 4) is 17.2 Å². The molecule has 2 aromatic rings. The molecule has 6 nitrogen and oxygen atoms in total. The number of carbonyl (C=O) groups excluding carboxylic acids is 1. The van der Waals surface area contributed by atoms with Gasteiger partial charge in [0.05, 0.1) is 12.8 Å². The Morgan fingerprint density at radius 3 is 2.48 bits per heavy atom. The van der Waals surface area contributed by atoms with E-state index >= 15 is 0 Å². The number of amides is 1. The highest BCUT2D eigenvalue weighted by atomic mass is 35.5. The van der Waals surface area contributed by atoms with Crippen LogP contribution in [0, 0.1) is 6.92 Å². The van der Waals surface area contributed by atoms with Gasteiger partial charge in [-0.3, -0.25) is 4.79 Å². The highest BCUT2D eigenvalue weighted by Gasteiger charge is 2.12. The molecule has 0 aliphatic rings. The van der Waals surface area contributed by atoms with Gasteiger partial charge in [-0.2, -0.15) is 22.7 Å². The number of rotatable bonds is 11. The van der Waals surface area contributed by atoms with Crippen molar-refractivity contribution in [1.29, 1.82) is 0 Å². The van der Waals surface area contributed by atoms with E-state index < -0.39 is 24.9 Å². The molecule has 0 saturated heterocycles. The summed E-state index contributed by atoms with van der Waals surface area (Å²) in [6, 6.07) is 8.40. The van der Waals surface area contributed by atoms with Gasteiger partial charge in [-0.05, 0) is 49.2 Å². The number of hydrogen-bond donors (Lipinski definition) is 1. The Balaban J connectivity index is 1.83. The van der Waals surface area contributed by atoms with Crippen LogP contribution >= 0.6 is 11.6 Å². The number of nitrogens with one attached hydrogen (secondary N) is 1. The van der Waals surface area contributed by atoms with Crippen LogP contribution in [0.15, 0.2) is 41.5 Å². The Labute approximate surface area is 180 Å². The zero-order valence-electron chi connectivity index (χ0n) is 16.3. The summed E-state index contributed by atoms with van der Waals surface area (Å²) in [7, 11) is 0. The van der Waals surface area contributed by atoms with E-state index in [1.165, 1.54) is 6.07 Å². The van der Waals surface area contributed by atoms with E-state index in [0.29, 0.717) is 17.2 Å². The van der Waals surface area contributed by atoms with Gasteiger partial charge < -0.3 is 14.2 Å². The standard InChI is InChI=1S/C20H19ClF4N2O4/c1-12-9-14(6-7-16(12)21)29-8-2-3-18(28)27-26-11-13-4-5-15(30-19(22)23)10-17(13)31-20(24)25/h4-7,9-11,19-20H,2-3,8H2,1H3,(H,27,28)/b26-11+. The van der Waals surface area contributed by atoms with Gasteiger partial charge in [0, 0.05) is 23.1 Å². The van der Waals surface area contributed by atoms with Crippen molar-refractivity contribution in [2.45, 2.75) is 33.0 Å². The van der Waals surface area contributed by atoms with Crippen LogP contribution in [0.25, 0.3) is 0 Å². The second-order valence-electron chi connectivity index (χ2n) is 6.11. The molecule has 0 bridgehead atoms. The van der Waals surface area contributed by atoms with Gasteiger partial charge in [-0.15, -0.1) is 0 Å². The van der Waals surface area contributed by atoms with Gasteiger partial charge in [0.25, 0.3) is 0 Å². The second-order valence-corrected chi connectivity index (χ2v) is 6.52. The van der Waals surface area contributed by atoms with E-state index in [9.17, 15) is 22.4 Å². The average Bonchev–Trinajstić information content (AvgIpc) is 2.68. The number of hydrazone groups is 1. The van der Waals surface area contributed by atoms with Crippen LogP contribution in [-0.2, 0) is 4.79 Å². The number of alkyl halides is 4. The maximum absolute atomic E-state index is 12.5. The lowest BCUT2D eigenvalue weighted by Crippen LogP contribution is -2.18. The van der Waals surface area contributed by atoms with Crippen molar-refractivity contribution >= 4 is 23.7 Å². The van der Waals surface area contributed by atoms with Crippen molar-refractivity contribution in [2.24, 2.45) is 5.10 Å². The predicted molar refractivity (Wildman–Crippen MR) is 106 cm³/mol. The number of nitrogens with zero attached hydrogens (tertiary/aromatic N) is 1. The minimum atomic E-state index is -3.19. The second kappa shape index (κ2) is 12.0. The van der Waals surface area contributed by atoms with Crippen LogP contribution in [0.4, 0.5) is 17.6 Å². The predicted octanol–water partition coefficient (Wildman–Crippen LogP) is 5.16. The summed E-state index contributed by atoms with van der Waals surface area (Å²) in [5.74, 6) is -0.590. The third kappa shape index (κ3) is 8.71. The molecule has 0 heterocycles. The zero-order valence-corrected chi connectivity index (χ0v) is 17.0. The summed E-state index contributed by atoms with van der Waals surface area (Å²) < 4.78 is 63.6. The number of hydrogen-bond acceptors (Lipinski definition) is 5. The molecule has 11 heteroatoms. The average molecular weight is 463 g/mol. The molecule has 0 radical (unpaired) electrons. The molecule has 0 aliphatic heterocycles. The number of halogens is 5. The topological polar surface area (TPSA) is 69.2 Å². The first-order valence-electron chi connectivity index (χ1n) is 8.99. The fourth-order valence-corrected chi connectivity index (χ4v) is 2.47. The minimum absolute atomic E-state index is 0.0312. The number of carbonyl (C=O) groups is 1. The molecule has 1 N–H and O–H groups in total. The molecule has 0 aliphatic carbocycles. The van der Waals surface area contributed by atoms with Crippen LogP contribution in [0.2, 0.25) is 5.02 Å². The van der Waals surface area contributed by atoms with Crippen LogP contribution in [-0.4, -0.2) is 32.0 Å². The highest BCUT2D eigenvalue weighted by molar-refractivity contribution is 6.31. The van der Waals surface area contributed by atoms with Crippen LogP contribution in [0.3, 0.4) is 0 Å². The Hall–Kier alpha value is -3.01. The quantitative estimate of drug-likeness (QED) is 0.217. The molecule has 0 fully saturated rings. The number of aryl methyl sites for hydroxylation is 1. The molecule has 0 saturated carbocycles. The molecule has 0 unspecified atom stereocenters. The molecule has 0 aromatic heterocycles. The molecular formula is C20H19ClF4N2O4. The summed E-state index contributed by atoms with van der Waals surface area (Å²) in [5.41, 5.74) is 3.14. The maximum Gasteiger partial charge on any atom is 0.387 e. The van der Waals surface area contributed by atoms with Crippen molar-refractivity contribution in [3.05, 3.63) is 52.5 Å². The fraction of sp³-hybridized carbons (Fsp3) is 0.300. The number of ether oxygens (including phenoxy) is 3. The lowest BCUT2D eigenvalue weighted by molar-refractivity contribution is -0.121. The molecule has 0 spiro atoms. The molecule has 168 valence electrons. The normalized spacial score (nSPS) is 11.2. The first-order valence-corrected chi connectivity index (χ1v) is 9.37. The van der Waals surface area contributed by atoms with Crippen molar-refractivity contribution < 1.29 is 36.6 Å². The third-order valence-electron chi connectivity index (χ3n) is 3.77. The van der Waals surface area contributed by atoms with E-state index in [-0.39, 0.29) is 24.3 Å². The van der Waals surface area contributed by atoms with E-state index in [0.717, 1.165) is 23.9 Å². The van der Waals surface area contributed by atoms with Gasteiger partial charge >= 0.3 is 13.2 Å². The smallest absolute Gasteiger partial charge is 0.387 e. The molecule has 0 atom stereocenters. The van der Waals surface area contributed by atoms with Gasteiger partial charge in [0.15, 0.2) is 0 Å². The van der Waals surface area contributed by atoms with Crippen LogP contribution in [0.5, 0.6) is 17.2 Å². The SMILES string of the molecule is Cc1cc(OCCCC(=O)N/N=C/c2ccc(OC(F)F)cc2OC(F)F)ccc1Cl. The van der Waals surface area contributed by atoms with E-state index in [4.69, 9.17) is 16.3 Å². The molecule has 1 amide bonds. The van der Waals surface area contributed by atoms with Crippen LogP contribution in [0.1, 0.15) is 24.0 Å². The van der Waals surface area contributed by atoms with E-state index in [2.05, 4.69) is 20.0 Å². The zero-order chi connectivity index (χ0) is 22.8. The first-order chi connectivity index (χ1) is 14.7. The largest absolute Gasteiger partial charge is 0.494 e.